The van der Waals surface area contributed by atoms with Gasteiger partial charge in [-0.15, -0.1) is 0 Å². The lowest BCUT2D eigenvalue weighted by Gasteiger charge is -2.18. The smallest absolute Gasteiger partial charge is 0.309 e. The summed E-state index contributed by atoms with van der Waals surface area (Å²) in [6, 6.07) is 27.3. The van der Waals surface area contributed by atoms with Crippen molar-refractivity contribution in [1.29, 1.82) is 0 Å². The van der Waals surface area contributed by atoms with Gasteiger partial charge in [0.2, 0.25) is 0 Å². The van der Waals surface area contributed by atoms with Crippen molar-refractivity contribution in [3.63, 3.8) is 0 Å². The second-order valence-electron chi connectivity index (χ2n) is 6.84. The summed E-state index contributed by atoms with van der Waals surface area (Å²) in [7, 11) is 0. The fourth-order valence-corrected chi connectivity index (χ4v) is 3.21. The lowest BCUT2D eigenvalue weighted by Crippen LogP contribution is -2.41. The number of hydrogen-bond donors (Lipinski definition) is 2. The van der Waals surface area contributed by atoms with Crippen LogP contribution in [-0.2, 0) is 16.1 Å². The first kappa shape index (κ1) is 21.1. The molecule has 0 saturated carbocycles. The number of ether oxygens (including phenoxy) is 1. The quantitative estimate of drug-likeness (QED) is 0.565. The molecule has 0 heterocycles. The molecule has 2 amide bonds. The Morgan fingerprint density at radius 1 is 0.767 bits per heavy atom. The summed E-state index contributed by atoms with van der Waals surface area (Å²) in [4.78, 5) is 24.6. The molecule has 30 heavy (non-hydrogen) atoms. The number of carbonyl (C=O) groups is 2. The average molecular weight is 402 g/mol. The van der Waals surface area contributed by atoms with E-state index in [-0.39, 0.29) is 12.5 Å². The largest absolute Gasteiger partial charge is 0.494 e. The molecular weight excluding hydrogens is 376 g/mol. The van der Waals surface area contributed by atoms with Crippen molar-refractivity contribution >= 4 is 11.8 Å². The summed E-state index contributed by atoms with van der Waals surface area (Å²) in [6.45, 7) is 3.14. The molecule has 3 aromatic rings. The predicted octanol–water partition coefficient (Wildman–Crippen LogP) is 3.65. The van der Waals surface area contributed by atoms with Gasteiger partial charge in [-0.05, 0) is 35.7 Å². The third-order valence-corrected chi connectivity index (χ3v) is 4.76. The van der Waals surface area contributed by atoms with Crippen molar-refractivity contribution in [2.75, 3.05) is 13.2 Å². The van der Waals surface area contributed by atoms with Crippen LogP contribution in [-0.4, -0.2) is 25.0 Å². The van der Waals surface area contributed by atoms with Gasteiger partial charge in [-0.2, -0.15) is 0 Å². The molecule has 0 unspecified atom stereocenters. The van der Waals surface area contributed by atoms with Crippen LogP contribution in [0.25, 0.3) is 0 Å². The Labute approximate surface area is 177 Å². The summed E-state index contributed by atoms with van der Waals surface area (Å²) >= 11 is 0. The first-order chi connectivity index (χ1) is 14.7. The van der Waals surface area contributed by atoms with Crippen LogP contribution in [0.2, 0.25) is 0 Å². The molecule has 5 nitrogen and oxygen atoms in total. The van der Waals surface area contributed by atoms with Crippen LogP contribution in [0.4, 0.5) is 0 Å². The van der Waals surface area contributed by atoms with E-state index >= 15 is 0 Å². The highest BCUT2D eigenvalue weighted by Crippen LogP contribution is 2.23. The zero-order valence-electron chi connectivity index (χ0n) is 17.0. The number of hydrogen-bond acceptors (Lipinski definition) is 3. The van der Waals surface area contributed by atoms with Crippen molar-refractivity contribution in [2.45, 2.75) is 19.4 Å². The second-order valence-corrected chi connectivity index (χ2v) is 6.84. The fourth-order valence-electron chi connectivity index (χ4n) is 3.21. The second kappa shape index (κ2) is 10.8. The van der Waals surface area contributed by atoms with Gasteiger partial charge >= 0.3 is 11.8 Å². The zero-order chi connectivity index (χ0) is 21.2. The van der Waals surface area contributed by atoms with Crippen LogP contribution >= 0.6 is 0 Å². The Kier molecular flexibility index (Phi) is 7.61. The molecule has 0 radical (unpaired) electrons. The van der Waals surface area contributed by atoms with Crippen LogP contribution < -0.4 is 15.4 Å². The predicted molar refractivity (Wildman–Crippen MR) is 117 cm³/mol. The molecule has 0 aliphatic carbocycles. The first-order valence-electron chi connectivity index (χ1n) is 10.0. The normalized spacial score (nSPS) is 10.5. The molecule has 3 rings (SSSR count). The topological polar surface area (TPSA) is 67.4 Å². The van der Waals surface area contributed by atoms with Crippen LogP contribution in [0.5, 0.6) is 5.75 Å². The van der Waals surface area contributed by atoms with Gasteiger partial charge in [0.1, 0.15) is 5.75 Å². The van der Waals surface area contributed by atoms with Crippen molar-refractivity contribution in [3.05, 3.63) is 102 Å². The van der Waals surface area contributed by atoms with E-state index in [1.807, 2.05) is 91.9 Å². The molecule has 0 aliphatic rings. The summed E-state index contributed by atoms with van der Waals surface area (Å²) in [5.74, 6) is -0.546. The number of benzene rings is 3. The highest BCUT2D eigenvalue weighted by molar-refractivity contribution is 6.35. The number of carbonyl (C=O) groups excluding carboxylic acids is 2. The van der Waals surface area contributed by atoms with Gasteiger partial charge in [0.05, 0.1) is 6.61 Å². The van der Waals surface area contributed by atoms with Gasteiger partial charge in [-0.25, -0.2) is 0 Å². The van der Waals surface area contributed by atoms with Gasteiger partial charge in [0, 0.05) is 19.0 Å². The SMILES string of the molecule is CCOc1ccc(CNC(=O)C(=O)NCC(c2ccccc2)c2ccccc2)cc1. The Hall–Kier alpha value is -3.60. The third-order valence-electron chi connectivity index (χ3n) is 4.76. The van der Waals surface area contributed by atoms with E-state index in [1.165, 1.54) is 0 Å². The summed E-state index contributed by atoms with van der Waals surface area (Å²) < 4.78 is 5.40. The number of nitrogens with one attached hydrogen (secondary N) is 2. The Morgan fingerprint density at radius 3 is 1.83 bits per heavy atom. The van der Waals surface area contributed by atoms with Gasteiger partial charge in [0.25, 0.3) is 0 Å². The maximum atomic E-state index is 12.3. The van der Waals surface area contributed by atoms with Gasteiger partial charge in [0.15, 0.2) is 0 Å². The molecule has 154 valence electrons. The molecule has 3 aromatic carbocycles. The summed E-state index contributed by atoms with van der Waals surface area (Å²) in [5, 5.41) is 5.43. The van der Waals surface area contributed by atoms with Crippen LogP contribution in [0, 0.1) is 0 Å². The number of amides is 2. The monoisotopic (exact) mass is 402 g/mol. The standard InChI is InChI=1S/C25H26N2O3/c1-2-30-22-15-13-19(14-16-22)17-26-24(28)25(29)27-18-23(20-9-5-3-6-10-20)21-11-7-4-8-12-21/h3-16,23H,2,17-18H2,1H3,(H,26,28)(H,27,29). The van der Waals surface area contributed by atoms with E-state index in [4.69, 9.17) is 4.74 Å². The van der Waals surface area contributed by atoms with E-state index < -0.39 is 11.8 Å². The maximum absolute atomic E-state index is 12.3. The van der Waals surface area contributed by atoms with Crippen molar-refractivity contribution in [2.24, 2.45) is 0 Å². The van der Waals surface area contributed by atoms with Crippen molar-refractivity contribution in [1.82, 2.24) is 10.6 Å². The minimum Gasteiger partial charge on any atom is -0.494 e. The van der Waals surface area contributed by atoms with E-state index in [9.17, 15) is 9.59 Å². The van der Waals surface area contributed by atoms with Gasteiger partial charge < -0.3 is 15.4 Å². The highest BCUT2D eigenvalue weighted by Gasteiger charge is 2.18. The zero-order valence-corrected chi connectivity index (χ0v) is 17.0. The van der Waals surface area contributed by atoms with E-state index in [0.29, 0.717) is 13.2 Å². The molecule has 0 atom stereocenters. The lowest BCUT2D eigenvalue weighted by molar-refractivity contribution is -0.139. The molecule has 5 heteroatoms. The van der Waals surface area contributed by atoms with Gasteiger partial charge in [-0.3, -0.25) is 9.59 Å². The molecule has 0 fully saturated rings. The number of rotatable bonds is 8. The van der Waals surface area contributed by atoms with Crippen LogP contribution in [0.1, 0.15) is 29.5 Å². The van der Waals surface area contributed by atoms with E-state index in [2.05, 4.69) is 10.6 Å². The highest BCUT2D eigenvalue weighted by atomic mass is 16.5. The Bertz CT molecular complexity index is 902. The van der Waals surface area contributed by atoms with Crippen molar-refractivity contribution < 1.29 is 14.3 Å². The van der Waals surface area contributed by atoms with Gasteiger partial charge in [-0.1, -0.05) is 72.8 Å². The molecular formula is C25H26N2O3. The Balaban J connectivity index is 1.56. The average Bonchev–Trinajstić information content (AvgIpc) is 2.80. The lowest BCUT2D eigenvalue weighted by atomic mass is 9.91. The van der Waals surface area contributed by atoms with E-state index in [1.54, 1.807) is 0 Å². The molecule has 0 aliphatic heterocycles. The van der Waals surface area contributed by atoms with Crippen LogP contribution in [0.3, 0.4) is 0 Å². The molecule has 0 saturated heterocycles. The van der Waals surface area contributed by atoms with Crippen molar-refractivity contribution in [3.8, 4) is 5.75 Å². The summed E-state index contributed by atoms with van der Waals surface area (Å²) in [5.41, 5.74) is 3.06. The molecule has 0 bridgehead atoms. The first-order valence-corrected chi connectivity index (χ1v) is 10.0. The maximum Gasteiger partial charge on any atom is 0.309 e. The Morgan fingerprint density at radius 2 is 1.30 bits per heavy atom. The minimum absolute atomic E-state index is 0.0322. The third kappa shape index (κ3) is 5.95. The molecule has 2 N–H and O–H groups in total. The van der Waals surface area contributed by atoms with E-state index in [0.717, 1.165) is 22.4 Å². The fraction of sp³-hybridized carbons (Fsp3) is 0.200. The summed E-state index contributed by atoms with van der Waals surface area (Å²) in [6.07, 6.45) is 0. The molecule has 0 aromatic heterocycles. The molecule has 0 spiro atoms. The van der Waals surface area contributed by atoms with Crippen LogP contribution in [0.15, 0.2) is 84.9 Å². The minimum atomic E-state index is -0.649.